The van der Waals surface area contributed by atoms with Gasteiger partial charge in [-0.25, -0.2) is 8.42 Å². The van der Waals surface area contributed by atoms with Crippen LogP contribution in [0.5, 0.6) is 0 Å². The molecule has 3 aromatic rings. The van der Waals surface area contributed by atoms with Gasteiger partial charge in [0.15, 0.2) is 0 Å². The van der Waals surface area contributed by atoms with Gasteiger partial charge in [0.05, 0.1) is 30.2 Å². The highest BCUT2D eigenvalue weighted by Gasteiger charge is 2.26. The largest absolute Gasteiger partial charge is 0.466 e. The Bertz CT molecular complexity index is 1210. The molecular weight excluding hydrogens is 470 g/mol. The van der Waals surface area contributed by atoms with Crippen LogP contribution in [0.1, 0.15) is 44.4 Å². The van der Waals surface area contributed by atoms with E-state index in [0.29, 0.717) is 17.3 Å². The fourth-order valence-corrected chi connectivity index (χ4v) is 5.06. The summed E-state index contributed by atoms with van der Waals surface area (Å²) in [6.07, 6.45) is 0.131. The zero-order valence-corrected chi connectivity index (χ0v) is 21.5. The van der Waals surface area contributed by atoms with Gasteiger partial charge in [-0.05, 0) is 65.4 Å². The molecule has 180 valence electrons. The summed E-state index contributed by atoms with van der Waals surface area (Å²) in [5.41, 5.74) is 3.02. The second kappa shape index (κ2) is 10.6. The van der Waals surface area contributed by atoms with Crippen molar-refractivity contribution in [3.8, 4) is 0 Å². The third-order valence-corrected chi connectivity index (χ3v) is 7.47. The van der Waals surface area contributed by atoms with Gasteiger partial charge >= 0.3 is 5.97 Å². The number of carbonyl (C=O) groups excluding carboxylic acids is 1. The number of carbonyl (C=O) groups is 1. The molecule has 0 saturated heterocycles. The number of rotatable bonds is 8. The van der Waals surface area contributed by atoms with Crippen molar-refractivity contribution in [2.75, 3.05) is 10.9 Å². The van der Waals surface area contributed by atoms with E-state index in [2.05, 4.69) is 20.8 Å². The number of nitrogens with zero attached hydrogens (tertiary/aromatic N) is 1. The molecule has 0 radical (unpaired) electrons. The minimum absolute atomic E-state index is 0.0833. The molecule has 34 heavy (non-hydrogen) atoms. The van der Waals surface area contributed by atoms with Crippen molar-refractivity contribution in [3.05, 3.63) is 94.5 Å². The molecule has 0 amide bonds. The maximum absolute atomic E-state index is 13.7. The van der Waals surface area contributed by atoms with Crippen LogP contribution in [0.25, 0.3) is 0 Å². The molecule has 0 aliphatic carbocycles. The molecule has 3 rings (SSSR count). The summed E-state index contributed by atoms with van der Waals surface area (Å²) in [5, 5.41) is 0.583. The molecule has 0 spiro atoms. The Labute approximate surface area is 207 Å². The van der Waals surface area contributed by atoms with Gasteiger partial charge in [0, 0.05) is 5.02 Å². The number of hydrogen-bond donors (Lipinski definition) is 0. The van der Waals surface area contributed by atoms with Crippen molar-refractivity contribution in [1.82, 2.24) is 0 Å². The van der Waals surface area contributed by atoms with Gasteiger partial charge in [0.2, 0.25) is 0 Å². The highest BCUT2D eigenvalue weighted by atomic mass is 35.5. The Kier molecular flexibility index (Phi) is 8.05. The van der Waals surface area contributed by atoms with Crippen molar-refractivity contribution < 1.29 is 17.9 Å². The molecule has 0 aliphatic heterocycles. The average Bonchev–Trinajstić information content (AvgIpc) is 2.79. The molecule has 0 aliphatic rings. The van der Waals surface area contributed by atoms with E-state index in [9.17, 15) is 13.2 Å². The van der Waals surface area contributed by atoms with Crippen LogP contribution in [0.15, 0.2) is 77.7 Å². The summed E-state index contributed by atoms with van der Waals surface area (Å²) in [4.78, 5) is 12.0. The van der Waals surface area contributed by atoms with Crippen LogP contribution in [-0.2, 0) is 37.9 Å². The van der Waals surface area contributed by atoms with Gasteiger partial charge in [-0.2, -0.15) is 0 Å². The van der Waals surface area contributed by atoms with Gasteiger partial charge in [-0.15, -0.1) is 0 Å². The first kappa shape index (κ1) is 25.8. The van der Waals surface area contributed by atoms with E-state index in [1.54, 1.807) is 55.5 Å². The van der Waals surface area contributed by atoms with E-state index in [1.807, 2.05) is 24.3 Å². The van der Waals surface area contributed by atoms with Crippen LogP contribution in [0.3, 0.4) is 0 Å². The maximum Gasteiger partial charge on any atom is 0.310 e. The zero-order chi connectivity index (χ0) is 24.9. The van der Waals surface area contributed by atoms with E-state index in [1.165, 1.54) is 4.31 Å². The van der Waals surface area contributed by atoms with Crippen LogP contribution in [0.2, 0.25) is 5.02 Å². The first-order valence-electron chi connectivity index (χ1n) is 11.1. The number of esters is 1. The fourth-order valence-electron chi connectivity index (χ4n) is 3.48. The highest BCUT2D eigenvalue weighted by molar-refractivity contribution is 7.92. The Morgan fingerprint density at radius 2 is 1.44 bits per heavy atom. The lowest BCUT2D eigenvalue weighted by molar-refractivity contribution is -0.142. The molecule has 5 nitrogen and oxygen atoms in total. The normalized spacial score (nSPS) is 11.8. The van der Waals surface area contributed by atoms with Crippen LogP contribution in [0.4, 0.5) is 5.69 Å². The molecule has 0 aromatic heterocycles. The van der Waals surface area contributed by atoms with Crippen molar-refractivity contribution in [2.45, 2.75) is 51.0 Å². The first-order chi connectivity index (χ1) is 16.0. The second-order valence-electron chi connectivity index (χ2n) is 9.06. The summed E-state index contributed by atoms with van der Waals surface area (Å²) in [7, 11) is -3.86. The highest BCUT2D eigenvalue weighted by Crippen LogP contribution is 2.29. The van der Waals surface area contributed by atoms with E-state index < -0.39 is 10.0 Å². The van der Waals surface area contributed by atoms with Crippen LogP contribution in [0, 0.1) is 0 Å². The van der Waals surface area contributed by atoms with Gasteiger partial charge in [0.25, 0.3) is 10.0 Å². The van der Waals surface area contributed by atoms with E-state index >= 15 is 0 Å². The second-order valence-corrected chi connectivity index (χ2v) is 11.4. The molecule has 0 saturated carbocycles. The Hall–Kier alpha value is -2.83. The van der Waals surface area contributed by atoms with Gasteiger partial charge in [-0.3, -0.25) is 9.10 Å². The molecule has 0 unspecified atom stereocenters. The molecular formula is C27H30ClNO4S. The van der Waals surface area contributed by atoms with Gasteiger partial charge < -0.3 is 4.74 Å². The molecule has 0 fully saturated rings. The molecule has 3 aromatic carbocycles. The number of halogens is 1. The Morgan fingerprint density at radius 1 is 0.882 bits per heavy atom. The standard InChI is InChI=1S/C27H30ClNO4S/c1-5-33-26(30)18-20-8-14-24(15-9-20)29(19-21-6-12-23(28)13-7-21)34(31,32)25-16-10-22(11-17-25)27(2,3)4/h6-17H,5,18-19H2,1-4H3. The fraction of sp³-hybridized carbons (Fsp3) is 0.296. The van der Waals surface area contributed by atoms with E-state index in [0.717, 1.165) is 16.7 Å². The molecule has 0 heterocycles. The smallest absolute Gasteiger partial charge is 0.310 e. The van der Waals surface area contributed by atoms with E-state index in [-0.39, 0.29) is 29.2 Å². The molecule has 0 atom stereocenters. The molecule has 0 bridgehead atoms. The maximum atomic E-state index is 13.7. The van der Waals surface area contributed by atoms with Gasteiger partial charge in [-0.1, -0.05) is 68.8 Å². The minimum atomic E-state index is -3.86. The van der Waals surface area contributed by atoms with Crippen molar-refractivity contribution in [3.63, 3.8) is 0 Å². The first-order valence-corrected chi connectivity index (χ1v) is 12.9. The third-order valence-electron chi connectivity index (χ3n) is 5.43. The number of anilines is 1. The number of ether oxygens (including phenoxy) is 1. The van der Waals surface area contributed by atoms with Crippen LogP contribution < -0.4 is 4.31 Å². The number of benzene rings is 3. The average molecular weight is 500 g/mol. The summed E-state index contributed by atoms with van der Waals surface area (Å²) in [6, 6.07) is 21.0. The van der Waals surface area contributed by atoms with Crippen LogP contribution >= 0.6 is 11.6 Å². The number of hydrogen-bond acceptors (Lipinski definition) is 4. The van der Waals surface area contributed by atoms with E-state index in [4.69, 9.17) is 16.3 Å². The van der Waals surface area contributed by atoms with Crippen LogP contribution in [-0.4, -0.2) is 21.0 Å². The van der Waals surface area contributed by atoms with Crippen molar-refractivity contribution in [2.24, 2.45) is 0 Å². The lowest BCUT2D eigenvalue weighted by atomic mass is 9.87. The molecule has 0 N–H and O–H groups in total. The van der Waals surface area contributed by atoms with Crippen molar-refractivity contribution in [1.29, 1.82) is 0 Å². The monoisotopic (exact) mass is 499 g/mol. The minimum Gasteiger partial charge on any atom is -0.466 e. The van der Waals surface area contributed by atoms with Gasteiger partial charge in [0.1, 0.15) is 0 Å². The lowest BCUT2D eigenvalue weighted by Gasteiger charge is -2.26. The predicted octanol–water partition coefficient (Wildman–Crippen LogP) is 6.14. The topological polar surface area (TPSA) is 63.7 Å². The quantitative estimate of drug-likeness (QED) is 0.349. The number of sulfonamides is 1. The summed E-state index contributed by atoms with van der Waals surface area (Å²) in [5.74, 6) is -0.320. The Balaban J connectivity index is 1.98. The summed E-state index contributed by atoms with van der Waals surface area (Å²) < 4.78 is 33.9. The lowest BCUT2D eigenvalue weighted by Crippen LogP contribution is -2.30. The van der Waals surface area contributed by atoms with Crippen molar-refractivity contribution >= 4 is 33.3 Å². The predicted molar refractivity (Wildman–Crippen MR) is 137 cm³/mol. The zero-order valence-electron chi connectivity index (χ0n) is 19.9. The Morgan fingerprint density at radius 3 is 1.97 bits per heavy atom. The summed E-state index contributed by atoms with van der Waals surface area (Å²) >= 11 is 6.01. The SMILES string of the molecule is CCOC(=O)Cc1ccc(N(Cc2ccc(Cl)cc2)S(=O)(=O)c2ccc(C(C)(C)C)cc2)cc1. The third kappa shape index (κ3) is 6.39. The molecule has 7 heteroatoms. The summed E-state index contributed by atoms with van der Waals surface area (Å²) in [6.45, 7) is 8.47.